The Balaban J connectivity index is 0.000000379. The Morgan fingerprint density at radius 3 is 1.66 bits per heavy atom. The molecular formula is C30H35BBrCl2IN13O8S5. The molecule has 1 radical (unpaired) electrons. The van der Waals surface area contributed by atoms with Crippen molar-refractivity contribution in [1.82, 2.24) is 54.0 Å². The number of carbonyl (C=O) groups excluding carboxylic acids is 2. The molecule has 0 unspecified atom stereocenters. The summed E-state index contributed by atoms with van der Waals surface area (Å²) in [4.78, 5) is 67.4. The summed E-state index contributed by atoms with van der Waals surface area (Å²) in [5.74, 6) is 0.427. The zero-order valence-corrected chi connectivity index (χ0v) is 42.3. The molecule has 7 rings (SSSR count). The van der Waals surface area contributed by atoms with E-state index in [1.807, 2.05) is 34.6 Å². The van der Waals surface area contributed by atoms with Crippen LogP contribution in [0.15, 0.2) is 35.3 Å². The van der Waals surface area contributed by atoms with Gasteiger partial charge in [0.15, 0.2) is 0 Å². The molecule has 0 fully saturated rings. The van der Waals surface area contributed by atoms with Crippen LogP contribution in [0.25, 0.3) is 14.9 Å². The number of fused-ring (bicyclic) bond motifs is 3. The first-order valence-corrected chi connectivity index (χ1v) is 23.3. The Labute approximate surface area is 400 Å². The van der Waals surface area contributed by atoms with Gasteiger partial charge in [-0.3, -0.25) is 24.0 Å². The molecule has 0 atom stereocenters. The van der Waals surface area contributed by atoms with Gasteiger partial charge < -0.3 is 20.3 Å². The summed E-state index contributed by atoms with van der Waals surface area (Å²) in [7, 11) is 4.34. The van der Waals surface area contributed by atoms with E-state index in [9.17, 15) is 24.0 Å². The third-order valence-corrected chi connectivity index (χ3v) is 9.56. The number of anilines is 1. The van der Waals surface area contributed by atoms with Crippen molar-refractivity contribution in [2.24, 2.45) is 4.30 Å². The van der Waals surface area contributed by atoms with Gasteiger partial charge in [-0.2, -0.15) is 43.8 Å². The number of aryl methyl sites for hydroxylation is 4. The fraction of sp³-hybridized carbons (Fsp3) is 0.367. The van der Waals surface area contributed by atoms with Gasteiger partial charge >= 0.3 is 24.8 Å². The van der Waals surface area contributed by atoms with Crippen LogP contribution < -0.4 is 31.9 Å². The molecule has 0 aliphatic carbocycles. The molecule has 0 spiro atoms. The van der Waals surface area contributed by atoms with Gasteiger partial charge in [0.25, 0.3) is 16.7 Å². The van der Waals surface area contributed by atoms with Crippen LogP contribution >= 0.6 is 120 Å². The molecule has 3 N–H and O–H groups in total. The Kier molecular flexibility index (Phi) is 26.3. The first kappa shape index (κ1) is 55.4. The van der Waals surface area contributed by atoms with Crippen molar-refractivity contribution in [3.05, 3.63) is 67.7 Å². The van der Waals surface area contributed by atoms with Crippen LogP contribution in [0.1, 0.15) is 47.2 Å². The molecule has 7 aromatic heterocycles. The van der Waals surface area contributed by atoms with Crippen molar-refractivity contribution in [2.75, 3.05) is 23.4 Å². The molecule has 7 aromatic rings. The molecule has 329 valence electrons. The van der Waals surface area contributed by atoms with E-state index in [1.165, 1.54) is 69.4 Å². The molecule has 0 amide bonds. The second-order valence-electron chi connectivity index (χ2n) is 10.2. The van der Waals surface area contributed by atoms with Crippen LogP contribution in [0.3, 0.4) is 0 Å². The Hall–Kier alpha value is -3.59. The van der Waals surface area contributed by atoms with Gasteiger partial charge in [-0.05, 0) is 85.1 Å². The van der Waals surface area contributed by atoms with Gasteiger partial charge in [0, 0.05) is 0 Å². The summed E-state index contributed by atoms with van der Waals surface area (Å²) >= 11 is 23.5. The predicted octanol–water partition coefficient (Wildman–Crippen LogP) is 5.60. The summed E-state index contributed by atoms with van der Waals surface area (Å²) < 4.78 is 18.3. The topological polar surface area (TPSA) is 279 Å². The molecule has 21 nitrogen and oxygen atoms in total. The number of aromatic nitrogens is 11. The number of rotatable bonds is 6. The average molecular weight is 1150 g/mol. The second-order valence-corrected chi connectivity index (χ2v) is 18.2. The first-order chi connectivity index (χ1) is 28.7. The van der Waals surface area contributed by atoms with E-state index >= 15 is 0 Å². The Bertz CT molecular complexity index is 2670. The molecule has 0 aliphatic heterocycles. The van der Waals surface area contributed by atoms with E-state index < -0.39 is 10.5 Å². The minimum atomic E-state index is -0.722. The van der Waals surface area contributed by atoms with E-state index in [-0.39, 0.29) is 29.0 Å². The number of carbonyl (C=O) groups is 2. The summed E-state index contributed by atoms with van der Waals surface area (Å²) in [6.45, 7) is 14.1. The SMILES string of the molecule is CCI.CCOc1cc(=O)n2nc(C)sc2n1.CCOc1nc2sc(C)nn2c(=O)c1Br.Cc1nn2c(=O)cc(O)nc2s1.Cc1nnc(N)s1.O=C(Cl)CC(=O)Cl.[B]=NS. The number of halogens is 4. The number of aromatic hydroxyl groups is 1. The van der Waals surface area contributed by atoms with E-state index in [0.29, 0.717) is 49.5 Å². The molecular weight excluding hydrogens is 1120 g/mol. The normalized spacial score (nSPS) is 9.75. The molecule has 0 saturated heterocycles. The van der Waals surface area contributed by atoms with E-state index in [2.05, 4.69) is 111 Å². The number of nitrogen functional groups attached to an aromatic ring is 1. The number of hydrogen-bond acceptors (Lipinski definition) is 23. The molecule has 0 aliphatic rings. The number of alkyl halides is 1. The van der Waals surface area contributed by atoms with Gasteiger partial charge in [-0.15, -0.1) is 10.2 Å². The third kappa shape index (κ3) is 20.0. The van der Waals surface area contributed by atoms with Gasteiger partial charge in [-0.1, -0.05) is 74.9 Å². The van der Waals surface area contributed by atoms with E-state index in [0.717, 1.165) is 26.1 Å². The Morgan fingerprint density at radius 1 is 0.820 bits per heavy atom. The Morgan fingerprint density at radius 2 is 1.26 bits per heavy atom. The van der Waals surface area contributed by atoms with Crippen molar-refractivity contribution in [2.45, 2.75) is 54.9 Å². The monoisotopic (exact) mass is 1150 g/mol. The number of thiol groups is 1. The van der Waals surface area contributed by atoms with Gasteiger partial charge in [0.1, 0.15) is 24.5 Å². The van der Waals surface area contributed by atoms with Crippen LogP contribution in [0.4, 0.5) is 5.13 Å². The minimum absolute atomic E-state index is 0.206. The van der Waals surface area contributed by atoms with Crippen LogP contribution in [-0.2, 0) is 9.59 Å². The van der Waals surface area contributed by atoms with Gasteiger partial charge in [-0.25, -0.2) is 0 Å². The average Bonchev–Trinajstić information content (AvgIpc) is 3.94. The standard InChI is InChI=1S/C8H8BrN3O2S.C8H9N3O2S.C6H5N3O2S.C3H2Cl2O2.C3H5N3S.C2H5I.BHNS/c1-3-14-6-5(9)7(13)12-8(10-6)15-4(2)11-12;1-3-13-6-4-7(12)11-8(9-6)14-5(2)10-11;1-3-8-9-5(11)2-4(10)7-6(9)12-3;4-2(6)1-3(5)7;1-2-5-6-3(4)7-2;2*1-2-3/h3H2,1-2H3;4H,3H2,1-2H3;2,10H,1H3;1H2;1H3,(H2,4,6);2H2,1H3;3H. The molecule has 61 heavy (non-hydrogen) atoms. The molecule has 31 heteroatoms. The molecule has 0 saturated carbocycles. The van der Waals surface area contributed by atoms with Crippen LogP contribution in [0.5, 0.6) is 17.6 Å². The van der Waals surface area contributed by atoms with Gasteiger partial charge in [0.05, 0.1) is 31.8 Å². The predicted molar refractivity (Wildman–Crippen MR) is 254 cm³/mol. The number of ether oxygens (including phenoxy) is 2. The number of nitrogens with two attached hydrogens (primary N) is 1. The zero-order valence-electron chi connectivity index (χ0n) is 32.9. The van der Waals surface area contributed by atoms with Crippen LogP contribution in [0, 0.1) is 27.7 Å². The van der Waals surface area contributed by atoms with Crippen molar-refractivity contribution in [3.63, 3.8) is 0 Å². The number of nitrogens with zero attached hydrogens (tertiary/aromatic N) is 12. The molecule has 0 aromatic carbocycles. The van der Waals surface area contributed by atoms with Crippen molar-refractivity contribution < 1.29 is 24.2 Å². The quantitative estimate of drug-likeness (QED) is 0.0456. The maximum atomic E-state index is 11.8. The van der Waals surface area contributed by atoms with Crippen molar-refractivity contribution in [1.29, 1.82) is 0 Å². The molecule has 0 bridgehead atoms. The summed E-state index contributed by atoms with van der Waals surface area (Å²) in [6.07, 6.45) is -0.386. The summed E-state index contributed by atoms with van der Waals surface area (Å²) in [5.41, 5.74) is 4.42. The van der Waals surface area contributed by atoms with Crippen LogP contribution in [-0.4, -0.2) is 94.9 Å². The van der Waals surface area contributed by atoms with Gasteiger partial charge in [0.2, 0.25) is 48.1 Å². The second kappa shape index (κ2) is 28.9. The fourth-order valence-corrected chi connectivity index (χ4v) is 6.92. The third-order valence-electron chi connectivity index (χ3n) is 5.47. The van der Waals surface area contributed by atoms with Crippen LogP contribution in [0.2, 0.25) is 0 Å². The number of hydrogen-bond donors (Lipinski definition) is 3. The summed E-state index contributed by atoms with van der Waals surface area (Å²) in [5, 5.41) is 30.5. The first-order valence-electron chi connectivity index (χ1n) is 16.5. The van der Waals surface area contributed by atoms with Crippen molar-refractivity contribution in [3.8, 4) is 17.6 Å². The summed E-state index contributed by atoms with van der Waals surface area (Å²) in [6, 6.07) is 2.38. The van der Waals surface area contributed by atoms with E-state index in [1.54, 1.807) is 6.92 Å². The maximum absolute atomic E-state index is 11.8. The fourth-order valence-electron chi connectivity index (χ4n) is 3.56. The zero-order chi connectivity index (χ0) is 46.4. The van der Waals surface area contributed by atoms with E-state index in [4.69, 9.17) is 43.5 Å². The van der Waals surface area contributed by atoms with Crippen molar-refractivity contribution >= 4 is 158 Å². The molecule has 7 heterocycles.